The van der Waals surface area contributed by atoms with Gasteiger partial charge in [-0.15, -0.1) is 0 Å². The molecule has 0 spiro atoms. The Kier molecular flexibility index (Phi) is 17.0. The molecule has 0 saturated heterocycles. The second-order valence-electron chi connectivity index (χ2n) is 2.61. The molecule has 0 aliphatic heterocycles. The van der Waals surface area contributed by atoms with Crippen molar-refractivity contribution in [2.45, 2.75) is 12.8 Å². The molecule has 0 bridgehead atoms. The predicted molar refractivity (Wildman–Crippen MR) is 60.7 cm³/mol. The minimum absolute atomic E-state index is 0. The van der Waals surface area contributed by atoms with Crippen LogP contribution in [0.4, 0.5) is 0 Å². The quantitative estimate of drug-likeness (QED) is 0.395. The molecule has 10 heteroatoms. The van der Waals surface area contributed by atoms with Gasteiger partial charge in [-0.3, -0.25) is 9.59 Å². The molecule has 8 nitrogen and oxygen atoms in total. The van der Waals surface area contributed by atoms with Crippen molar-refractivity contribution in [2.75, 3.05) is 13.2 Å². The van der Waals surface area contributed by atoms with Crippen molar-refractivity contribution in [3.8, 4) is 0 Å². The molecule has 0 aromatic rings. The molecule has 0 atom stereocenters. The third kappa shape index (κ3) is 15.9. The maximum absolute atomic E-state index is 10.8. The molecule has 94 valence electrons. The number of esters is 2. The van der Waals surface area contributed by atoms with Gasteiger partial charge in [0.1, 0.15) is 0 Å². The van der Waals surface area contributed by atoms with Gasteiger partial charge in [0.05, 0.1) is 12.8 Å². The van der Waals surface area contributed by atoms with Crippen molar-refractivity contribution in [1.29, 1.82) is 0 Å². The van der Waals surface area contributed by atoms with E-state index in [1.54, 1.807) is 0 Å². The summed E-state index contributed by atoms with van der Waals surface area (Å²) in [6.07, 6.45) is -0.711. The first kappa shape index (κ1) is 23.0. The van der Waals surface area contributed by atoms with E-state index in [9.17, 15) is 19.2 Å². The van der Waals surface area contributed by atoms with Gasteiger partial charge in [-0.1, -0.05) is 0 Å². The van der Waals surface area contributed by atoms with Crippen molar-refractivity contribution in [3.63, 3.8) is 0 Å². The van der Waals surface area contributed by atoms with Crippen molar-refractivity contribution >= 4 is 83.0 Å². The monoisotopic (exact) mass is 282 g/mol. The second kappa shape index (κ2) is 13.3. The van der Waals surface area contributed by atoms with Crippen LogP contribution < -0.4 is 0 Å². The van der Waals surface area contributed by atoms with Crippen LogP contribution in [0, 0.1) is 0 Å². The number of rotatable bonds is 7. The van der Waals surface area contributed by atoms with Crippen LogP contribution in [0.15, 0.2) is 0 Å². The fraction of sp³-hybridized carbons (Fsp3) is 0.500. The van der Waals surface area contributed by atoms with Crippen LogP contribution in [0.1, 0.15) is 12.8 Å². The van der Waals surface area contributed by atoms with Gasteiger partial charge in [-0.25, -0.2) is 9.59 Å². The van der Waals surface area contributed by atoms with Gasteiger partial charge in [0, 0.05) is 0 Å². The zero-order valence-corrected chi connectivity index (χ0v) is 8.17. The summed E-state index contributed by atoms with van der Waals surface area (Å²) < 4.78 is 8.43. The van der Waals surface area contributed by atoms with Crippen LogP contribution in [-0.2, 0) is 28.7 Å². The number of carbonyl (C=O) groups is 4. The van der Waals surface area contributed by atoms with Crippen LogP contribution in [0.2, 0.25) is 0 Å². The van der Waals surface area contributed by atoms with E-state index in [1.807, 2.05) is 0 Å². The fourth-order valence-corrected chi connectivity index (χ4v) is 0.633. The minimum atomic E-state index is -1.30. The van der Waals surface area contributed by atoms with Crippen LogP contribution in [-0.4, -0.2) is 106 Å². The summed E-state index contributed by atoms with van der Waals surface area (Å²) in [7, 11) is 0. The summed E-state index contributed by atoms with van der Waals surface area (Å²) in [6, 6.07) is 0. The average Bonchev–Trinajstić information content (AvgIpc) is 2.20. The van der Waals surface area contributed by atoms with Crippen LogP contribution in [0.5, 0.6) is 0 Å². The number of ether oxygens (including phenoxy) is 2. The zero-order chi connectivity index (χ0) is 12.6. The molecular formula is C8H12Na2O8. The number of carboxylic acid groups (broad SMARTS) is 2. The SMILES string of the molecule is O=C(O)COC(=O)CCC(=O)OCC(=O)O.[NaH].[NaH]. The molecule has 0 fully saturated rings. The van der Waals surface area contributed by atoms with Crippen LogP contribution in [0.25, 0.3) is 0 Å². The van der Waals surface area contributed by atoms with Crippen molar-refractivity contribution in [1.82, 2.24) is 0 Å². The van der Waals surface area contributed by atoms with Gasteiger partial charge in [0.25, 0.3) is 0 Å². The molecule has 2 N–H and O–H groups in total. The molecule has 0 amide bonds. The number of aliphatic carboxylic acids is 2. The van der Waals surface area contributed by atoms with Crippen LogP contribution >= 0.6 is 0 Å². The van der Waals surface area contributed by atoms with Gasteiger partial charge in [-0.05, 0) is 0 Å². The van der Waals surface area contributed by atoms with E-state index in [2.05, 4.69) is 9.47 Å². The molecule has 0 aromatic heterocycles. The number of hydrogen-bond acceptors (Lipinski definition) is 6. The first-order valence-corrected chi connectivity index (χ1v) is 4.16. The second-order valence-corrected chi connectivity index (χ2v) is 2.61. The summed E-state index contributed by atoms with van der Waals surface area (Å²) in [6.45, 7) is -1.55. The molecule has 0 aromatic carbocycles. The normalized spacial score (nSPS) is 8.22. The number of hydrogen-bond donors (Lipinski definition) is 2. The third-order valence-corrected chi connectivity index (χ3v) is 1.25. The Labute approximate surface area is 147 Å². The third-order valence-electron chi connectivity index (χ3n) is 1.25. The van der Waals surface area contributed by atoms with Crippen molar-refractivity contribution in [3.05, 3.63) is 0 Å². The summed E-state index contributed by atoms with van der Waals surface area (Å²) in [5.74, 6) is -4.34. The summed E-state index contributed by atoms with van der Waals surface area (Å²) >= 11 is 0. The maximum atomic E-state index is 10.8. The fourth-order valence-electron chi connectivity index (χ4n) is 0.633. The van der Waals surface area contributed by atoms with E-state index in [1.165, 1.54) is 0 Å². The van der Waals surface area contributed by atoms with Crippen molar-refractivity contribution < 1.29 is 38.9 Å². The van der Waals surface area contributed by atoms with E-state index >= 15 is 0 Å². The van der Waals surface area contributed by atoms with E-state index in [-0.39, 0.29) is 72.0 Å². The van der Waals surface area contributed by atoms with Gasteiger partial charge in [0.2, 0.25) is 0 Å². The van der Waals surface area contributed by atoms with E-state index in [4.69, 9.17) is 10.2 Å². The van der Waals surface area contributed by atoms with Gasteiger partial charge in [0.15, 0.2) is 13.2 Å². The summed E-state index contributed by atoms with van der Waals surface area (Å²) in [5, 5.41) is 16.3. The predicted octanol–water partition coefficient (Wildman–Crippen LogP) is -2.27. The Balaban J connectivity index is -0.00000112. The Hall–Kier alpha value is -0.120. The number of carboxylic acids is 2. The molecule has 0 saturated carbocycles. The molecule has 0 aliphatic carbocycles. The molecule has 0 heterocycles. The first-order chi connectivity index (χ1) is 7.41. The Morgan fingerprint density at radius 1 is 0.722 bits per heavy atom. The Morgan fingerprint density at radius 2 is 1.00 bits per heavy atom. The molecule has 0 radical (unpaired) electrons. The topological polar surface area (TPSA) is 127 Å². The molecule has 0 rings (SSSR count). The molecule has 0 unspecified atom stereocenters. The zero-order valence-electron chi connectivity index (χ0n) is 8.17. The first-order valence-electron chi connectivity index (χ1n) is 4.16. The van der Waals surface area contributed by atoms with Crippen molar-refractivity contribution in [2.24, 2.45) is 0 Å². The molecule has 0 aliphatic rings. The Morgan fingerprint density at radius 3 is 1.22 bits per heavy atom. The van der Waals surface area contributed by atoms with Gasteiger partial charge in [-0.2, -0.15) is 0 Å². The summed E-state index contributed by atoms with van der Waals surface area (Å²) in [5.41, 5.74) is 0. The number of carbonyl (C=O) groups excluding carboxylic acids is 2. The standard InChI is InChI=1S/C8H10O8.2Na.2H/c9-5(10)3-15-7(13)1-2-8(14)16-4-6(11)12;;;;/h1-4H2,(H,9,10)(H,11,12);;;;. The van der Waals surface area contributed by atoms with E-state index < -0.39 is 37.1 Å². The van der Waals surface area contributed by atoms with E-state index in [0.717, 1.165) is 0 Å². The van der Waals surface area contributed by atoms with E-state index in [0.29, 0.717) is 0 Å². The molecular weight excluding hydrogens is 270 g/mol. The van der Waals surface area contributed by atoms with Crippen LogP contribution in [0.3, 0.4) is 0 Å². The average molecular weight is 282 g/mol. The van der Waals surface area contributed by atoms with Gasteiger partial charge >= 0.3 is 83.0 Å². The van der Waals surface area contributed by atoms with Gasteiger partial charge < -0.3 is 19.7 Å². The summed E-state index contributed by atoms with van der Waals surface area (Å²) in [4.78, 5) is 41.5. The molecule has 18 heavy (non-hydrogen) atoms. The Bertz CT molecular complexity index is 273.